The van der Waals surface area contributed by atoms with Crippen LogP contribution < -0.4 is 0 Å². The summed E-state index contributed by atoms with van der Waals surface area (Å²) in [7, 11) is -9.92. The zero-order valence-corrected chi connectivity index (χ0v) is 66.4. The summed E-state index contributed by atoms with van der Waals surface area (Å²) in [5.74, 6) is -1.31. The second kappa shape index (κ2) is 73.0. The van der Waals surface area contributed by atoms with Gasteiger partial charge in [0.1, 0.15) is 19.3 Å². The van der Waals surface area contributed by atoms with Gasteiger partial charge in [0.2, 0.25) is 0 Å². The van der Waals surface area contributed by atoms with E-state index in [1.165, 1.54) is 250 Å². The predicted octanol–water partition coefficient (Wildman–Crippen LogP) is 24.0. The lowest BCUT2D eigenvalue weighted by Gasteiger charge is -2.21. The molecule has 0 heterocycles. The molecule has 0 aromatic rings. The van der Waals surface area contributed by atoms with Gasteiger partial charge >= 0.3 is 39.5 Å². The van der Waals surface area contributed by atoms with Crippen molar-refractivity contribution >= 4 is 39.5 Å². The molecular formula is C80H156O17P2. The highest BCUT2D eigenvalue weighted by Crippen LogP contribution is 2.45. The van der Waals surface area contributed by atoms with Crippen molar-refractivity contribution < 1.29 is 80.2 Å². The second-order valence-corrected chi connectivity index (χ2v) is 32.2. The maximum atomic E-state index is 13.1. The molecule has 19 heteroatoms. The Kier molecular flexibility index (Phi) is 71.6. The maximum absolute atomic E-state index is 13.1. The number of carbonyl (C=O) groups is 4. The fourth-order valence-electron chi connectivity index (χ4n) is 12.4. The Morgan fingerprint density at radius 1 is 0.273 bits per heavy atom. The van der Waals surface area contributed by atoms with Crippen LogP contribution in [0.15, 0.2) is 0 Å². The Bertz CT molecular complexity index is 1890. The van der Waals surface area contributed by atoms with Gasteiger partial charge in [-0.25, -0.2) is 9.13 Å². The number of phosphoric acid groups is 2. The molecule has 0 fully saturated rings. The standard InChI is InChI=1S/C80H156O17P2/c1-6-9-12-15-18-21-24-27-28-29-30-35-41-46-51-56-61-66-80(85)97-76(70-91-78(83)64-59-54-49-44-39-36-31-34-37-42-47-52-57-62-73(4)5)72-95-99(88,89)93-68-74(81)67-92-98(86,87)94-71-75(96-79(84)65-60-55-50-45-40-33-26-23-20-17-14-11-8-3)69-90-77(82)63-58-53-48-43-38-32-25-22-19-16-13-10-7-2/h73-76,81H,6-72H2,1-5H3,(H,86,87)(H,88,89)/t74-,75+,76+/m0/s1. The number of aliphatic hydroxyl groups is 1. The van der Waals surface area contributed by atoms with Crippen molar-refractivity contribution in [3.63, 3.8) is 0 Å². The van der Waals surface area contributed by atoms with Crippen LogP contribution in [-0.4, -0.2) is 96.7 Å². The highest BCUT2D eigenvalue weighted by molar-refractivity contribution is 7.47. The van der Waals surface area contributed by atoms with Gasteiger partial charge in [0.15, 0.2) is 12.2 Å². The van der Waals surface area contributed by atoms with E-state index >= 15 is 0 Å². The molecule has 0 radical (unpaired) electrons. The van der Waals surface area contributed by atoms with Crippen LogP contribution in [-0.2, 0) is 65.4 Å². The smallest absolute Gasteiger partial charge is 0.462 e. The summed E-state index contributed by atoms with van der Waals surface area (Å²) in [5, 5.41) is 10.6. The Morgan fingerprint density at radius 2 is 0.465 bits per heavy atom. The molecule has 2 unspecified atom stereocenters. The second-order valence-electron chi connectivity index (χ2n) is 29.3. The summed E-state index contributed by atoms with van der Waals surface area (Å²) in [4.78, 5) is 73.0. The van der Waals surface area contributed by atoms with E-state index in [1.807, 2.05) is 0 Å². The van der Waals surface area contributed by atoms with Crippen LogP contribution in [0.3, 0.4) is 0 Å². The predicted molar refractivity (Wildman–Crippen MR) is 405 cm³/mol. The highest BCUT2D eigenvalue weighted by Gasteiger charge is 2.30. The van der Waals surface area contributed by atoms with Crippen molar-refractivity contribution in [2.45, 2.75) is 445 Å². The minimum Gasteiger partial charge on any atom is -0.462 e. The molecule has 17 nitrogen and oxygen atoms in total. The number of hydrogen-bond acceptors (Lipinski definition) is 15. The lowest BCUT2D eigenvalue weighted by atomic mass is 10.0. The summed E-state index contributed by atoms with van der Waals surface area (Å²) in [6, 6.07) is 0. The number of ether oxygens (including phenoxy) is 4. The summed E-state index contributed by atoms with van der Waals surface area (Å²) >= 11 is 0. The van der Waals surface area contributed by atoms with Crippen LogP contribution in [0.5, 0.6) is 0 Å². The summed E-state index contributed by atoms with van der Waals surface area (Å²) < 4.78 is 68.7. The summed E-state index contributed by atoms with van der Waals surface area (Å²) in [6.07, 6.45) is 63.6. The van der Waals surface area contributed by atoms with Crippen LogP contribution >= 0.6 is 15.6 Å². The Labute approximate surface area is 607 Å². The largest absolute Gasteiger partial charge is 0.472 e. The molecule has 3 N–H and O–H groups in total. The van der Waals surface area contributed by atoms with E-state index in [-0.39, 0.29) is 25.7 Å². The molecule has 0 aromatic heterocycles. The molecule has 0 saturated carbocycles. The molecule has 0 bridgehead atoms. The van der Waals surface area contributed by atoms with Gasteiger partial charge in [-0.15, -0.1) is 0 Å². The van der Waals surface area contributed by atoms with E-state index in [0.29, 0.717) is 25.7 Å². The van der Waals surface area contributed by atoms with Crippen molar-refractivity contribution in [1.29, 1.82) is 0 Å². The van der Waals surface area contributed by atoms with Gasteiger partial charge in [0.25, 0.3) is 0 Å². The van der Waals surface area contributed by atoms with Gasteiger partial charge in [-0.3, -0.25) is 37.3 Å². The fraction of sp³-hybridized carbons (Fsp3) is 0.950. The van der Waals surface area contributed by atoms with Gasteiger partial charge in [0, 0.05) is 25.7 Å². The van der Waals surface area contributed by atoms with E-state index in [2.05, 4.69) is 34.6 Å². The van der Waals surface area contributed by atoms with Gasteiger partial charge < -0.3 is 33.8 Å². The quantitative estimate of drug-likeness (QED) is 0.0222. The monoisotopic (exact) mass is 1450 g/mol. The zero-order chi connectivity index (χ0) is 72.7. The number of esters is 4. The SMILES string of the molecule is CCCCCCCCCCCCCCCCCCCC(=O)O[C@H](COC(=O)CCCCCCCCCCCCCCCC(C)C)COP(=O)(O)OC[C@@H](O)COP(=O)(O)OC[C@@H](COC(=O)CCCCCCCCCCCCCCC)OC(=O)CCCCCCCCCCCCCCC. The number of unbranched alkanes of at least 4 members (excludes halogenated alkanes) is 52. The molecule has 0 saturated heterocycles. The lowest BCUT2D eigenvalue weighted by Crippen LogP contribution is -2.30. The Hall–Kier alpha value is -1.94. The van der Waals surface area contributed by atoms with Crippen LogP contribution in [0.25, 0.3) is 0 Å². The molecule has 0 aromatic carbocycles. The van der Waals surface area contributed by atoms with Crippen molar-refractivity contribution in [1.82, 2.24) is 0 Å². The minimum atomic E-state index is -4.96. The first-order chi connectivity index (χ1) is 48.0. The van der Waals surface area contributed by atoms with Crippen LogP contribution in [0.1, 0.15) is 426 Å². The molecular weight excluding hydrogens is 1290 g/mol. The topological polar surface area (TPSA) is 237 Å². The molecule has 0 aliphatic heterocycles. The van der Waals surface area contributed by atoms with E-state index in [4.69, 9.17) is 37.0 Å². The first kappa shape index (κ1) is 97.1. The molecule has 0 spiro atoms. The average Bonchev–Trinajstić information content (AvgIpc) is 1.01. The average molecular weight is 1450 g/mol. The third-order valence-electron chi connectivity index (χ3n) is 18.8. The van der Waals surface area contributed by atoms with Gasteiger partial charge in [-0.05, 0) is 31.6 Å². The Balaban J connectivity index is 5.26. The van der Waals surface area contributed by atoms with Gasteiger partial charge in [-0.1, -0.05) is 375 Å². The summed E-state index contributed by atoms with van der Waals surface area (Å²) in [5.41, 5.74) is 0. The molecule has 0 rings (SSSR count). The van der Waals surface area contributed by atoms with Gasteiger partial charge in [0.05, 0.1) is 26.4 Å². The number of hydrogen-bond donors (Lipinski definition) is 3. The zero-order valence-electron chi connectivity index (χ0n) is 64.6. The first-order valence-corrected chi connectivity index (χ1v) is 44.6. The van der Waals surface area contributed by atoms with Crippen molar-refractivity contribution in [2.24, 2.45) is 5.92 Å². The van der Waals surface area contributed by atoms with Crippen LogP contribution in [0.2, 0.25) is 0 Å². The van der Waals surface area contributed by atoms with Crippen molar-refractivity contribution in [3.8, 4) is 0 Å². The number of rotatable bonds is 80. The molecule has 99 heavy (non-hydrogen) atoms. The Morgan fingerprint density at radius 3 is 0.687 bits per heavy atom. The summed E-state index contributed by atoms with van der Waals surface area (Å²) in [6.45, 7) is 7.35. The lowest BCUT2D eigenvalue weighted by molar-refractivity contribution is -0.161. The third-order valence-corrected chi connectivity index (χ3v) is 20.7. The fourth-order valence-corrected chi connectivity index (χ4v) is 14.0. The molecule has 0 amide bonds. The van der Waals surface area contributed by atoms with Crippen molar-refractivity contribution in [2.75, 3.05) is 39.6 Å². The normalized spacial score (nSPS) is 13.9. The molecule has 0 aliphatic carbocycles. The van der Waals surface area contributed by atoms with Crippen molar-refractivity contribution in [3.05, 3.63) is 0 Å². The van der Waals surface area contributed by atoms with Crippen LogP contribution in [0.4, 0.5) is 0 Å². The first-order valence-electron chi connectivity index (χ1n) is 41.6. The highest BCUT2D eigenvalue weighted by atomic mass is 31.2. The van der Waals surface area contributed by atoms with E-state index in [0.717, 1.165) is 95.8 Å². The maximum Gasteiger partial charge on any atom is 0.472 e. The minimum absolute atomic E-state index is 0.108. The van der Waals surface area contributed by atoms with E-state index < -0.39 is 97.5 Å². The van der Waals surface area contributed by atoms with Gasteiger partial charge in [-0.2, -0.15) is 0 Å². The number of carbonyl (C=O) groups excluding carboxylic acids is 4. The number of aliphatic hydroxyl groups excluding tert-OH is 1. The third kappa shape index (κ3) is 74.1. The van der Waals surface area contributed by atoms with E-state index in [9.17, 15) is 43.2 Å². The van der Waals surface area contributed by atoms with Crippen LogP contribution in [0, 0.1) is 5.92 Å². The molecule has 588 valence electrons. The molecule has 5 atom stereocenters. The number of phosphoric ester groups is 2. The molecule has 0 aliphatic rings. The van der Waals surface area contributed by atoms with E-state index in [1.54, 1.807) is 0 Å².